The number of hydrogen-bond acceptors (Lipinski definition) is 2. The molecule has 0 radical (unpaired) electrons. The van der Waals surface area contributed by atoms with E-state index < -0.39 is 6.10 Å². The van der Waals surface area contributed by atoms with Crippen LogP contribution in [-0.4, -0.2) is 29.7 Å². The first-order valence-electron chi connectivity index (χ1n) is 8.18. The van der Waals surface area contributed by atoms with Gasteiger partial charge in [0.1, 0.15) is 0 Å². The van der Waals surface area contributed by atoms with Gasteiger partial charge >= 0.3 is 0 Å². The highest BCUT2D eigenvalue weighted by atomic mass is 16.3. The lowest BCUT2D eigenvalue weighted by molar-refractivity contribution is 0.127. The van der Waals surface area contributed by atoms with Crippen LogP contribution in [0.15, 0.2) is 42.5 Å². The number of rotatable bonds is 5. The molecule has 0 aliphatic heterocycles. The number of fused-ring (bicyclic) bond motifs is 1. The highest BCUT2D eigenvalue weighted by molar-refractivity contribution is 5.85. The predicted molar refractivity (Wildman–Crippen MR) is 98.1 cm³/mol. The van der Waals surface area contributed by atoms with Crippen LogP contribution < -0.4 is 0 Å². The van der Waals surface area contributed by atoms with Gasteiger partial charge in [0.2, 0.25) is 0 Å². The van der Waals surface area contributed by atoms with Gasteiger partial charge in [0.05, 0.1) is 6.10 Å². The zero-order chi connectivity index (χ0) is 16.9. The molecule has 122 valence electrons. The van der Waals surface area contributed by atoms with Crippen LogP contribution in [-0.2, 0) is 6.54 Å². The molecule has 0 spiro atoms. The second-order valence-corrected chi connectivity index (χ2v) is 7.24. The lowest BCUT2D eigenvalue weighted by atomic mass is 9.97. The molecular formula is C21H27NO. The van der Waals surface area contributed by atoms with Crippen LogP contribution in [0.2, 0.25) is 0 Å². The van der Waals surface area contributed by atoms with E-state index in [1.807, 2.05) is 7.05 Å². The van der Waals surface area contributed by atoms with E-state index in [-0.39, 0.29) is 5.41 Å². The average molecular weight is 309 g/mol. The minimum absolute atomic E-state index is 0.00538. The molecule has 0 heterocycles. The zero-order valence-corrected chi connectivity index (χ0v) is 14.6. The molecule has 1 N–H and O–H groups in total. The molecule has 0 fully saturated rings. The van der Waals surface area contributed by atoms with Gasteiger partial charge in [-0.3, -0.25) is 4.90 Å². The van der Waals surface area contributed by atoms with Gasteiger partial charge in [-0.05, 0) is 44.2 Å². The van der Waals surface area contributed by atoms with Crippen LogP contribution in [0.25, 0.3) is 10.8 Å². The van der Waals surface area contributed by atoms with E-state index in [9.17, 15) is 5.11 Å². The molecule has 2 heteroatoms. The molecule has 2 nitrogen and oxygen atoms in total. The summed E-state index contributed by atoms with van der Waals surface area (Å²) < 4.78 is 0. The van der Waals surface area contributed by atoms with Crippen LogP contribution in [0.3, 0.4) is 0 Å². The van der Waals surface area contributed by atoms with E-state index in [0.717, 1.165) is 6.54 Å². The summed E-state index contributed by atoms with van der Waals surface area (Å²) in [6.07, 6.45) is 0.113. The summed E-state index contributed by atoms with van der Waals surface area (Å²) in [5, 5.41) is 12.7. The third-order valence-corrected chi connectivity index (χ3v) is 3.64. The third kappa shape index (κ3) is 5.71. The largest absolute Gasteiger partial charge is 0.391 e. The van der Waals surface area contributed by atoms with Gasteiger partial charge in [-0.15, -0.1) is 5.92 Å². The predicted octanol–water partition coefficient (Wildman–Crippen LogP) is 4.07. The van der Waals surface area contributed by atoms with Crippen molar-refractivity contribution in [1.82, 2.24) is 4.90 Å². The average Bonchev–Trinajstić information content (AvgIpc) is 2.46. The van der Waals surface area contributed by atoms with Crippen LogP contribution in [0.1, 0.15) is 32.8 Å². The zero-order valence-electron chi connectivity index (χ0n) is 14.6. The number of benzene rings is 2. The maximum absolute atomic E-state index is 10.2. The molecule has 0 saturated carbocycles. The summed E-state index contributed by atoms with van der Waals surface area (Å²) in [7, 11) is 2.04. The Morgan fingerprint density at radius 2 is 1.78 bits per heavy atom. The maximum Gasteiger partial charge on any atom is 0.0776 e. The van der Waals surface area contributed by atoms with Crippen molar-refractivity contribution < 1.29 is 5.11 Å². The molecule has 2 rings (SSSR count). The summed E-state index contributed by atoms with van der Waals surface area (Å²) in [5.41, 5.74) is 1.28. The Balaban J connectivity index is 1.96. The van der Waals surface area contributed by atoms with E-state index in [1.54, 1.807) is 0 Å². The summed E-state index contributed by atoms with van der Waals surface area (Å²) in [4.78, 5) is 2.16. The Morgan fingerprint density at radius 1 is 1.09 bits per heavy atom. The normalized spacial score (nSPS) is 13.0. The van der Waals surface area contributed by atoms with Crippen molar-refractivity contribution in [3.05, 3.63) is 48.0 Å². The molecule has 0 bridgehead atoms. The van der Waals surface area contributed by atoms with Crippen LogP contribution in [0, 0.1) is 17.3 Å². The molecular weight excluding hydrogens is 282 g/mol. The van der Waals surface area contributed by atoms with Gasteiger partial charge in [0.15, 0.2) is 0 Å². The summed E-state index contributed by atoms with van der Waals surface area (Å²) in [6, 6.07) is 14.8. The van der Waals surface area contributed by atoms with Gasteiger partial charge < -0.3 is 5.11 Å². The number of likely N-dealkylation sites (N-methyl/N-ethyl adjacent to an activating group) is 1. The third-order valence-electron chi connectivity index (χ3n) is 3.64. The van der Waals surface area contributed by atoms with Crippen molar-refractivity contribution in [1.29, 1.82) is 0 Å². The fourth-order valence-electron chi connectivity index (χ4n) is 2.64. The number of nitrogens with zero attached hydrogens (tertiary/aromatic N) is 1. The smallest absolute Gasteiger partial charge is 0.0776 e. The molecule has 23 heavy (non-hydrogen) atoms. The summed E-state index contributed by atoms with van der Waals surface area (Å²) in [5.74, 6) is 6.27. The second-order valence-electron chi connectivity index (χ2n) is 7.24. The summed E-state index contributed by atoms with van der Waals surface area (Å²) >= 11 is 0. The molecule has 1 atom stereocenters. The number of aliphatic hydroxyl groups is 1. The Bertz CT molecular complexity index is 698. The van der Waals surface area contributed by atoms with Crippen LogP contribution in [0.4, 0.5) is 0 Å². The van der Waals surface area contributed by atoms with E-state index in [2.05, 4.69) is 80.0 Å². The minimum atomic E-state index is -0.412. The lowest BCUT2D eigenvalue weighted by Gasteiger charge is -2.20. The number of aliphatic hydroxyl groups excluding tert-OH is 1. The fourth-order valence-corrected chi connectivity index (χ4v) is 2.64. The van der Waals surface area contributed by atoms with E-state index >= 15 is 0 Å². The van der Waals surface area contributed by atoms with Crippen molar-refractivity contribution in [3.63, 3.8) is 0 Å². The highest BCUT2D eigenvalue weighted by Crippen LogP contribution is 2.19. The van der Waals surface area contributed by atoms with E-state index in [1.165, 1.54) is 16.3 Å². The van der Waals surface area contributed by atoms with Gasteiger partial charge in [0.25, 0.3) is 0 Å². The highest BCUT2D eigenvalue weighted by Gasteiger charge is 2.10. The molecule has 1 unspecified atom stereocenters. The molecule has 0 aliphatic rings. The Kier molecular flexibility index (Phi) is 5.82. The van der Waals surface area contributed by atoms with Gasteiger partial charge in [-0.1, -0.05) is 48.4 Å². The minimum Gasteiger partial charge on any atom is -0.391 e. The Morgan fingerprint density at radius 3 is 2.52 bits per heavy atom. The first-order valence-corrected chi connectivity index (χ1v) is 8.18. The molecule has 0 amide bonds. The molecule has 2 aromatic carbocycles. The Hall–Kier alpha value is -1.82. The standard InChI is InChI=1S/C21H27NO/c1-21(2,3)14-8-12-19(23)16-22(4)15-18-11-7-10-17-9-5-6-13-20(17)18/h5-7,9-11,13,19,23H,12,15-16H2,1-4H3. The molecule has 0 aromatic heterocycles. The van der Waals surface area contributed by atoms with Crippen LogP contribution in [0.5, 0.6) is 0 Å². The molecule has 0 aliphatic carbocycles. The molecule has 0 saturated heterocycles. The topological polar surface area (TPSA) is 23.5 Å². The van der Waals surface area contributed by atoms with Crippen molar-refractivity contribution >= 4 is 10.8 Å². The first kappa shape index (κ1) is 17.5. The molecule has 2 aromatic rings. The van der Waals surface area contributed by atoms with Gasteiger partial charge in [-0.2, -0.15) is 0 Å². The second kappa shape index (κ2) is 7.64. The summed E-state index contributed by atoms with van der Waals surface area (Å²) in [6.45, 7) is 7.70. The van der Waals surface area contributed by atoms with Crippen molar-refractivity contribution in [2.24, 2.45) is 5.41 Å². The van der Waals surface area contributed by atoms with Crippen LogP contribution >= 0.6 is 0 Å². The monoisotopic (exact) mass is 309 g/mol. The van der Waals surface area contributed by atoms with Gasteiger partial charge in [0, 0.05) is 24.9 Å². The quantitative estimate of drug-likeness (QED) is 0.842. The van der Waals surface area contributed by atoms with Crippen molar-refractivity contribution in [3.8, 4) is 11.8 Å². The van der Waals surface area contributed by atoms with Gasteiger partial charge in [-0.25, -0.2) is 0 Å². The van der Waals surface area contributed by atoms with Crippen molar-refractivity contribution in [2.45, 2.75) is 39.8 Å². The first-order chi connectivity index (χ1) is 10.8. The van der Waals surface area contributed by atoms with Crippen molar-refractivity contribution in [2.75, 3.05) is 13.6 Å². The SMILES string of the molecule is CN(Cc1cccc2ccccc12)CC(O)CC#CC(C)(C)C. The maximum atomic E-state index is 10.2. The van der Waals surface area contributed by atoms with E-state index in [4.69, 9.17) is 0 Å². The Labute approximate surface area is 140 Å². The van der Waals surface area contributed by atoms with E-state index in [0.29, 0.717) is 13.0 Å². The lowest BCUT2D eigenvalue weighted by Crippen LogP contribution is -2.28. The number of hydrogen-bond donors (Lipinski definition) is 1. The fraction of sp³-hybridized carbons (Fsp3) is 0.429.